The van der Waals surface area contributed by atoms with Crippen LogP contribution in [0, 0.1) is 23.7 Å². The monoisotopic (exact) mass is 368 g/mol. The van der Waals surface area contributed by atoms with E-state index in [2.05, 4.69) is 23.7 Å². The highest BCUT2D eigenvalue weighted by Crippen LogP contribution is 2.22. The zero-order valence-corrected chi connectivity index (χ0v) is 14.6. The van der Waals surface area contributed by atoms with Gasteiger partial charge in [0.25, 0.3) is 23.6 Å². The SMILES string of the molecule is O=C1c2ccccc2C(=O)N1CC#CC#CCN1C(=O)c2ccccc2C1=O. The molecule has 6 heteroatoms. The highest BCUT2D eigenvalue weighted by molar-refractivity contribution is 6.22. The van der Waals surface area contributed by atoms with Gasteiger partial charge in [-0.2, -0.15) is 0 Å². The average Bonchev–Trinajstić information content (AvgIpc) is 3.11. The van der Waals surface area contributed by atoms with Crippen LogP contribution < -0.4 is 0 Å². The molecule has 2 aromatic rings. The minimum atomic E-state index is -0.381. The van der Waals surface area contributed by atoms with Crippen molar-refractivity contribution >= 4 is 23.6 Å². The predicted octanol–water partition coefficient (Wildman–Crippen LogP) is 1.59. The molecule has 0 aromatic heterocycles. The number of amides is 4. The van der Waals surface area contributed by atoms with E-state index in [0.29, 0.717) is 22.3 Å². The Morgan fingerprint density at radius 3 is 1.11 bits per heavy atom. The number of fused-ring (bicyclic) bond motifs is 2. The molecular formula is C22H12N2O4. The van der Waals surface area contributed by atoms with Crippen LogP contribution in [-0.2, 0) is 0 Å². The quantitative estimate of drug-likeness (QED) is 0.596. The molecule has 2 aliphatic heterocycles. The summed E-state index contributed by atoms with van der Waals surface area (Å²) < 4.78 is 0. The molecular weight excluding hydrogens is 356 g/mol. The molecule has 2 aromatic carbocycles. The minimum Gasteiger partial charge on any atom is -0.269 e. The van der Waals surface area contributed by atoms with Crippen molar-refractivity contribution in [3.8, 4) is 23.7 Å². The molecule has 0 radical (unpaired) electrons. The molecule has 28 heavy (non-hydrogen) atoms. The molecule has 4 rings (SSSR count). The molecule has 0 fully saturated rings. The van der Waals surface area contributed by atoms with Crippen LogP contribution in [0.15, 0.2) is 48.5 Å². The molecule has 0 aliphatic carbocycles. The van der Waals surface area contributed by atoms with Gasteiger partial charge in [0, 0.05) is 0 Å². The maximum Gasteiger partial charge on any atom is 0.262 e. The predicted molar refractivity (Wildman–Crippen MR) is 99.2 cm³/mol. The number of carbonyl (C=O) groups is 4. The number of benzene rings is 2. The Morgan fingerprint density at radius 1 is 0.536 bits per heavy atom. The number of hydrogen-bond acceptors (Lipinski definition) is 4. The standard InChI is InChI=1S/C22H12N2O4/c25-19-15-9-3-4-10-16(15)20(26)23(19)13-7-1-2-8-14-24-21(27)17-11-5-6-12-18(17)22(24)28/h3-6,9-12H,13-14H2. The molecule has 2 heterocycles. The summed E-state index contributed by atoms with van der Waals surface area (Å²) in [6.45, 7) is -0.151. The lowest BCUT2D eigenvalue weighted by Crippen LogP contribution is -2.30. The van der Waals surface area contributed by atoms with Crippen molar-refractivity contribution in [2.75, 3.05) is 13.1 Å². The highest BCUT2D eigenvalue weighted by Gasteiger charge is 2.35. The molecule has 0 saturated carbocycles. The molecule has 0 unspecified atom stereocenters. The van der Waals surface area contributed by atoms with E-state index in [0.717, 1.165) is 9.80 Å². The van der Waals surface area contributed by atoms with Crippen LogP contribution in [0.25, 0.3) is 0 Å². The van der Waals surface area contributed by atoms with Gasteiger partial charge in [0.2, 0.25) is 0 Å². The lowest BCUT2D eigenvalue weighted by atomic mass is 10.1. The summed E-state index contributed by atoms with van der Waals surface area (Å²) in [5.41, 5.74) is 1.47. The van der Waals surface area contributed by atoms with E-state index in [1.54, 1.807) is 48.5 Å². The number of nitrogens with zero attached hydrogens (tertiary/aromatic N) is 2. The maximum atomic E-state index is 12.2. The Labute approximate surface area is 160 Å². The van der Waals surface area contributed by atoms with Crippen LogP contribution in [0.2, 0.25) is 0 Å². The fraction of sp³-hybridized carbons (Fsp3) is 0.0909. The molecule has 0 spiro atoms. The van der Waals surface area contributed by atoms with E-state index in [1.165, 1.54) is 0 Å². The van der Waals surface area contributed by atoms with Crippen molar-refractivity contribution in [3.05, 3.63) is 70.8 Å². The van der Waals surface area contributed by atoms with E-state index in [9.17, 15) is 19.2 Å². The van der Waals surface area contributed by atoms with E-state index in [4.69, 9.17) is 0 Å². The van der Waals surface area contributed by atoms with Gasteiger partial charge in [0.15, 0.2) is 0 Å². The Balaban J connectivity index is 1.38. The number of hydrogen-bond donors (Lipinski definition) is 0. The first kappa shape index (κ1) is 17.3. The van der Waals surface area contributed by atoms with Crippen molar-refractivity contribution < 1.29 is 19.2 Å². The molecule has 0 saturated heterocycles. The van der Waals surface area contributed by atoms with Crippen molar-refractivity contribution in [1.82, 2.24) is 9.80 Å². The normalized spacial score (nSPS) is 14.3. The van der Waals surface area contributed by atoms with Crippen LogP contribution in [0.4, 0.5) is 0 Å². The van der Waals surface area contributed by atoms with Crippen molar-refractivity contribution in [3.63, 3.8) is 0 Å². The zero-order chi connectivity index (χ0) is 19.7. The first-order chi connectivity index (χ1) is 13.6. The van der Waals surface area contributed by atoms with E-state index >= 15 is 0 Å². The summed E-state index contributed by atoms with van der Waals surface area (Å²) in [7, 11) is 0. The Bertz CT molecular complexity index is 1010. The first-order valence-corrected chi connectivity index (χ1v) is 8.46. The largest absolute Gasteiger partial charge is 0.269 e. The van der Waals surface area contributed by atoms with Gasteiger partial charge in [-0.3, -0.25) is 29.0 Å². The Kier molecular flexibility index (Phi) is 4.23. The summed E-state index contributed by atoms with van der Waals surface area (Å²) in [6.07, 6.45) is 0. The summed E-state index contributed by atoms with van der Waals surface area (Å²) in [6, 6.07) is 13.2. The van der Waals surface area contributed by atoms with Crippen LogP contribution in [0.3, 0.4) is 0 Å². The van der Waals surface area contributed by atoms with Gasteiger partial charge in [-0.25, -0.2) is 0 Å². The molecule has 6 nitrogen and oxygen atoms in total. The smallest absolute Gasteiger partial charge is 0.262 e. The van der Waals surface area contributed by atoms with E-state index in [-0.39, 0.29) is 36.7 Å². The highest BCUT2D eigenvalue weighted by atomic mass is 16.2. The summed E-state index contributed by atoms with van der Waals surface area (Å²) >= 11 is 0. The van der Waals surface area contributed by atoms with Gasteiger partial charge in [0.1, 0.15) is 0 Å². The van der Waals surface area contributed by atoms with Gasteiger partial charge in [-0.15, -0.1) is 0 Å². The number of imide groups is 2. The fourth-order valence-corrected chi connectivity index (χ4v) is 3.09. The van der Waals surface area contributed by atoms with Gasteiger partial charge in [-0.1, -0.05) is 36.1 Å². The Morgan fingerprint density at radius 2 is 0.821 bits per heavy atom. The topological polar surface area (TPSA) is 74.8 Å². The Hall–Kier alpha value is -4.16. The summed E-state index contributed by atoms with van der Waals surface area (Å²) in [4.78, 5) is 50.9. The third kappa shape index (κ3) is 2.74. The molecule has 134 valence electrons. The van der Waals surface area contributed by atoms with Crippen molar-refractivity contribution in [2.45, 2.75) is 0 Å². The lowest BCUT2D eigenvalue weighted by Gasteiger charge is -2.08. The van der Waals surface area contributed by atoms with Gasteiger partial charge >= 0.3 is 0 Å². The third-order valence-corrected chi connectivity index (χ3v) is 4.47. The van der Waals surface area contributed by atoms with Crippen LogP contribution in [0.1, 0.15) is 41.4 Å². The third-order valence-electron chi connectivity index (χ3n) is 4.47. The molecule has 0 bridgehead atoms. The van der Waals surface area contributed by atoms with Crippen LogP contribution >= 0.6 is 0 Å². The molecule has 0 atom stereocenters. The van der Waals surface area contributed by atoms with E-state index in [1.807, 2.05) is 0 Å². The first-order valence-electron chi connectivity index (χ1n) is 8.46. The van der Waals surface area contributed by atoms with E-state index < -0.39 is 0 Å². The van der Waals surface area contributed by atoms with Gasteiger partial charge in [0.05, 0.1) is 35.3 Å². The molecule has 0 N–H and O–H groups in total. The summed E-state index contributed by atoms with van der Waals surface area (Å²) in [5.74, 6) is 8.89. The summed E-state index contributed by atoms with van der Waals surface area (Å²) in [5, 5.41) is 0. The number of rotatable bonds is 2. The molecule has 2 aliphatic rings. The van der Waals surface area contributed by atoms with Gasteiger partial charge in [-0.05, 0) is 36.1 Å². The average molecular weight is 368 g/mol. The minimum absolute atomic E-state index is 0.0754. The second kappa shape index (κ2) is 6.86. The van der Waals surface area contributed by atoms with Gasteiger partial charge < -0.3 is 0 Å². The zero-order valence-electron chi connectivity index (χ0n) is 14.6. The molecule has 4 amide bonds. The second-order valence-electron chi connectivity index (χ2n) is 6.09. The lowest BCUT2D eigenvalue weighted by molar-refractivity contribution is 0.0659. The second-order valence-corrected chi connectivity index (χ2v) is 6.09. The number of carbonyl (C=O) groups excluding carboxylic acids is 4. The van der Waals surface area contributed by atoms with Crippen LogP contribution in [-0.4, -0.2) is 46.5 Å². The van der Waals surface area contributed by atoms with Crippen molar-refractivity contribution in [1.29, 1.82) is 0 Å². The van der Waals surface area contributed by atoms with Crippen molar-refractivity contribution in [2.24, 2.45) is 0 Å². The fourth-order valence-electron chi connectivity index (χ4n) is 3.09. The van der Waals surface area contributed by atoms with Crippen LogP contribution in [0.5, 0.6) is 0 Å². The maximum absolute atomic E-state index is 12.2.